The van der Waals surface area contributed by atoms with Crippen molar-refractivity contribution < 1.29 is 9.59 Å². The molecule has 0 saturated heterocycles. The van der Waals surface area contributed by atoms with Crippen LogP contribution in [-0.2, 0) is 4.79 Å². The van der Waals surface area contributed by atoms with Gasteiger partial charge < -0.3 is 22.2 Å². The normalized spacial score (nSPS) is 23.9. The number of aromatic nitrogens is 1. The molecule has 1 heterocycles. The largest absolute Gasteiger partial charge is 0.384 e. The summed E-state index contributed by atoms with van der Waals surface area (Å²) in [4.78, 5) is 30.3. The van der Waals surface area contributed by atoms with Crippen molar-refractivity contribution in [2.45, 2.75) is 58.8 Å². The summed E-state index contributed by atoms with van der Waals surface area (Å²) < 4.78 is 0. The minimum atomic E-state index is -0.155. The molecule has 0 spiro atoms. The van der Waals surface area contributed by atoms with Gasteiger partial charge in [-0.1, -0.05) is 61.3 Å². The molecular formula is C37H46N6O2. The lowest BCUT2D eigenvalue weighted by atomic mass is 9.73. The molecule has 3 aliphatic rings. The molecule has 6 N–H and O–H groups in total. The van der Waals surface area contributed by atoms with E-state index in [1.54, 1.807) is 0 Å². The highest BCUT2D eigenvalue weighted by Gasteiger charge is 2.27. The number of nitrogens with zero attached hydrogens (tertiary/aromatic N) is 2. The summed E-state index contributed by atoms with van der Waals surface area (Å²) in [5, 5.41) is 9.21. The number of rotatable bonds is 10. The highest BCUT2D eigenvalue weighted by Crippen LogP contribution is 2.37. The molecule has 4 rings (SSSR count). The SMILES string of the molecule is C=CC(=C\c1nc(C)cc(C(=O)NC2=CC=CCC=C2)c1C)/C1=C/C=CC(C2CCC(CC(=O)NC/C(N)=N/N)CC2)C/C=C\1. The number of amides is 2. The fraction of sp³-hybridized carbons (Fsp3) is 0.351. The molecule has 8 nitrogen and oxygen atoms in total. The zero-order valence-corrected chi connectivity index (χ0v) is 26.5. The first-order valence-corrected chi connectivity index (χ1v) is 15.8. The van der Waals surface area contributed by atoms with Crippen molar-refractivity contribution in [2.24, 2.45) is 34.4 Å². The molecule has 0 aliphatic heterocycles. The van der Waals surface area contributed by atoms with Gasteiger partial charge in [0, 0.05) is 23.4 Å². The van der Waals surface area contributed by atoms with E-state index in [0.29, 0.717) is 29.7 Å². The van der Waals surface area contributed by atoms with Crippen LogP contribution in [0.15, 0.2) is 101 Å². The molecule has 0 bridgehead atoms. The van der Waals surface area contributed by atoms with Gasteiger partial charge in [0.1, 0.15) is 5.84 Å². The summed E-state index contributed by atoms with van der Waals surface area (Å²) in [6, 6.07) is 1.83. The number of allylic oxidation sites excluding steroid dienone is 13. The number of amidine groups is 1. The Kier molecular flexibility index (Phi) is 12.1. The van der Waals surface area contributed by atoms with Gasteiger partial charge in [-0.15, -0.1) is 0 Å². The van der Waals surface area contributed by atoms with Gasteiger partial charge in [-0.25, -0.2) is 0 Å². The van der Waals surface area contributed by atoms with Crippen molar-refractivity contribution >= 4 is 23.7 Å². The molecule has 45 heavy (non-hydrogen) atoms. The zero-order valence-electron chi connectivity index (χ0n) is 26.5. The van der Waals surface area contributed by atoms with Gasteiger partial charge in [-0.3, -0.25) is 14.6 Å². The van der Waals surface area contributed by atoms with E-state index >= 15 is 0 Å². The molecule has 1 fully saturated rings. The lowest BCUT2D eigenvalue weighted by Gasteiger charge is -2.32. The smallest absolute Gasteiger partial charge is 0.256 e. The molecule has 3 aliphatic carbocycles. The van der Waals surface area contributed by atoms with E-state index < -0.39 is 0 Å². The number of carbonyl (C=O) groups excluding carboxylic acids is 2. The van der Waals surface area contributed by atoms with Gasteiger partial charge in [0.05, 0.1) is 12.2 Å². The zero-order chi connectivity index (χ0) is 32.2. The summed E-state index contributed by atoms with van der Waals surface area (Å²) in [6.45, 7) is 8.11. The van der Waals surface area contributed by atoms with E-state index in [9.17, 15) is 9.59 Å². The predicted octanol–water partition coefficient (Wildman–Crippen LogP) is 6.00. The van der Waals surface area contributed by atoms with E-state index in [2.05, 4.69) is 52.7 Å². The van der Waals surface area contributed by atoms with Gasteiger partial charge in [0.25, 0.3) is 5.91 Å². The molecule has 1 saturated carbocycles. The first-order chi connectivity index (χ1) is 21.8. The van der Waals surface area contributed by atoms with E-state index in [0.717, 1.165) is 72.3 Å². The second kappa shape index (κ2) is 16.4. The molecule has 236 valence electrons. The Balaban J connectivity index is 1.41. The highest BCUT2D eigenvalue weighted by atomic mass is 16.2. The molecule has 8 heteroatoms. The van der Waals surface area contributed by atoms with E-state index in [4.69, 9.17) is 16.6 Å². The van der Waals surface area contributed by atoms with Gasteiger partial charge in [-0.05, 0) is 111 Å². The number of nitrogens with two attached hydrogens (primary N) is 2. The minimum Gasteiger partial charge on any atom is -0.384 e. The monoisotopic (exact) mass is 606 g/mol. The maximum atomic E-state index is 13.2. The second-order valence-electron chi connectivity index (χ2n) is 12.0. The standard InChI is InChI=1S/C37H46N6O2/c1-4-28(23-34-26(3)33(21-25(2)41-34)37(45)42-32-15-7-5-6-8-16-32)29-11-9-13-30(14-10-12-29)31-19-17-27(18-20-31)22-36(44)40-24-35(38)43-39/h4-5,7-13,15-16,21,23,27,30-31H,1,6,14,17-20,22,24,39H2,2-3H3,(H2,38,43)(H,40,44)(H,42,45)/b12-10-,13-9?,28-23+,29-11+. The summed E-state index contributed by atoms with van der Waals surface area (Å²) >= 11 is 0. The molecule has 1 aromatic heterocycles. The third kappa shape index (κ3) is 9.63. The van der Waals surface area contributed by atoms with Gasteiger partial charge >= 0.3 is 0 Å². The van der Waals surface area contributed by atoms with Crippen LogP contribution in [0.5, 0.6) is 0 Å². The summed E-state index contributed by atoms with van der Waals surface area (Å²) in [5.41, 5.74) is 11.3. The molecule has 2 amide bonds. The third-order valence-corrected chi connectivity index (χ3v) is 8.71. The summed E-state index contributed by atoms with van der Waals surface area (Å²) in [6.07, 6.45) is 31.3. The van der Waals surface area contributed by atoms with Crippen molar-refractivity contribution in [3.63, 3.8) is 0 Å². The Morgan fingerprint density at radius 3 is 2.64 bits per heavy atom. The van der Waals surface area contributed by atoms with E-state index in [-0.39, 0.29) is 24.2 Å². The highest BCUT2D eigenvalue weighted by molar-refractivity contribution is 5.97. The predicted molar refractivity (Wildman–Crippen MR) is 184 cm³/mol. The number of carbonyl (C=O) groups is 2. The van der Waals surface area contributed by atoms with Crippen LogP contribution in [0.25, 0.3) is 6.08 Å². The van der Waals surface area contributed by atoms with Gasteiger partial charge in [0.15, 0.2) is 0 Å². The molecule has 0 aromatic carbocycles. The molecule has 1 aromatic rings. The number of hydrazone groups is 1. The fourth-order valence-corrected chi connectivity index (χ4v) is 6.13. The van der Waals surface area contributed by atoms with Crippen LogP contribution in [0.4, 0.5) is 0 Å². The van der Waals surface area contributed by atoms with Crippen LogP contribution < -0.4 is 22.2 Å². The van der Waals surface area contributed by atoms with Gasteiger partial charge in [0.2, 0.25) is 5.91 Å². The maximum Gasteiger partial charge on any atom is 0.256 e. The molecular weight excluding hydrogens is 560 g/mol. The molecule has 1 unspecified atom stereocenters. The van der Waals surface area contributed by atoms with Crippen molar-refractivity contribution in [3.05, 3.63) is 119 Å². The Morgan fingerprint density at radius 2 is 1.89 bits per heavy atom. The second-order valence-corrected chi connectivity index (χ2v) is 12.0. The fourth-order valence-electron chi connectivity index (χ4n) is 6.13. The molecule has 0 radical (unpaired) electrons. The summed E-state index contributed by atoms with van der Waals surface area (Å²) in [7, 11) is 0. The summed E-state index contributed by atoms with van der Waals surface area (Å²) in [5.74, 6) is 6.65. The third-order valence-electron chi connectivity index (χ3n) is 8.71. The van der Waals surface area contributed by atoms with E-state index in [1.807, 2.05) is 62.4 Å². The Morgan fingerprint density at radius 1 is 1.09 bits per heavy atom. The number of nitrogens with one attached hydrogen (secondary N) is 2. The number of hydrogen-bond acceptors (Lipinski definition) is 5. The van der Waals surface area contributed by atoms with E-state index in [1.165, 1.54) is 0 Å². The average Bonchev–Trinajstić information content (AvgIpc) is 3.29. The number of pyridine rings is 1. The number of aryl methyl sites for hydroxylation is 1. The van der Waals surface area contributed by atoms with Crippen molar-refractivity contribution in [2.75, 3.05) is 6.54 Å². The average molecular weight is 607 g/mol. The van der Waals surface area contributed by atoms with Crippen molar-refractivity contribution in [1.82, 2.24) is 15.6 Å². The Hall–Kier alpha value is -4.72. The first-order valence-electron chi connectivity index (χ1n) is 15.8. The molecule has 1 atom stereocenters. The lowest BCUT2D eigenvalue weighted by molar-refractivity contribution is -0.122. The minimum absolute atomic E-state index is 0.000630. The van der Waals surface area contributed by atoms with Crippen LogP contribution in [0.1, 0.15) is 72.3 Å². The first kappa shape index (κ1) is 33.2. The van der Waals surface area contributed by atoms with Crippen LogP contribution in [-0.4, -0.2) is 29.2 Å². The topological polar surface area (TPSA) is 135 Å². The Bertz CT molecular complexity index is 1510. The van der Waals surface area contributed by atoms with Gasteiger partial charge in [-0.2, -0.15) is 5.10 Å². The van der Waals surface area contributed by atoms with Crippen LogP contribution >= 0.6 is 0 Å². The van der Waals surface area contributed by atoms with Crippen molar-refractivity contribution in [3.8, 4) is 0 Å². The van der Waals surface area contributed by atoms with Crippen LogP contribution in [0.2, 0.25) is 0 Å². The number of hydrogen-bond donors (Lipinski definition) is 4. The quantitative estimate of drug-likeness (QED) is 0.0852. The maximum absolute atomic E-state index is 13.2. The van der Waals surface area contributed by atoms with Crippen molar-refractivity contribution in [1.29, 1.82) is 0 Å². The lowest BCUT2D eigenvalue weighted by Crippen LogP contribution is -2.35. The van der Waals surface area contributed by atoms with Crippen LogP contribution in [0, 0.1) is 31.6 Å². The van der Waals surface area contributed by atoms with Crippen LogP contribution in [0.3, 0.4) is 0 Å². The Labute approximate surface area is 267 Å².